The smallest absolute Gasteiger partial charge is 0.298 e. The van der Waals surface area contributed by atoms with E-state index in [1.807, 2.05) is 30.3 Å². The minimum atomic E-state index is -4.43. The Morgan fingerprint density at radius 3 is 2.54 bits per heavy atom. The van der Waals surface area contributed by atoms with Crippen LogP contribution in [0.1, 0.15) is 27.9 Å². The molecular formula is C19H18F3NO. The number of hydrogen-bond donors (Lipinski definition) is 0. The molecule has 1 aliphatic rings. The first kappa shape index (κ1) is 16.7. The van der Waals surface area contributed by atoms with Crippen molar-refractivity contribution in [3.8, 4) is 0 Å². The van der Waals surface area contributed by atoms with Crippen LogP contribution in [0.4, 0.5) is 13.2 Å². The second-order valence-electron chi connectivity index (χ2n) is 6.15. The van der Waals surface area contributed by atoms with Crippen molar-refractivity contribution in [2.24, 2.45) is 5.92 Å². The van der Waals surface area contributed by atoms with Crippen LogP contribution in [0.2, 0.25) is 0 Å². The van der Waals surface area contributed by atoms with Crippen LogP contribution in [-0.4, -0.2) is 23.8 Å². The summed E-state index contributed by atoms with van der Waals surface area (Å²) in [6, 6.07) is 14.7. The Morgan fingerprint density at radius 2 is 1.83 bits per heavy atom. The Labute approximate surface area is 138 Å². The molecule has 0 aliphatic carbocycles. The van der Waals surface area contributed by atoms with E-state index in [4.69, 9.17) is 0 Å². The number of benzene rings is 2. The summed E-state index contributed by atoms with van der Waals surface area (Å²) >= 11 is 0. The highest BCUT2D eigenvalue weighted by Crippen LogP contribution is 2.31. The summed E-state index contributed by atoms with van der Waals surface area (Å²) in [7, 11) is 0. The van der Waals surface area contributed by atoms with Gasteiger partial charge in [-0.2, -0.15) is 13.2 Å². The predicted molar refractivity (Wildman–Crippen MR) is 85.6 cm³/mol. The second kappa shape index (κ2) is 6.77. The van der Waals surface area contributed by atoms with E-state index >= 15 is 0 Å². The molecule has 0 bridgehead atoms. The molecule has 1 fully saturated rings. The first-order chi connectivity index (χ1) is 11.4. The Kier molecular flexibility index (Phi) is 4.71. The minimum absolute atomic E-state index is 0.149. The molecule has 0 radical (unpaired) electrons. The maximum atomic E-state index is 12.8. The van der Waals surface area contributed by atoms with Crippen LogP contribution in [0.25, 0.3) is 0 Å². The molecule has 0 unspecified atom stereocenters. The van der Waals surface area contributed by atoms with Crippen LogP contribution in [-0.2, 0) is 12.7 Å². The number of alkyl halides is 3. The lowest BCUT2D eigenvalue weighted by Crippen LogP contribution is -2.23. The van der Waals surface area contributed by atoms with Gasteiger partial charge in [0, 0.05) is 24.6 Å². The number of likely N-dealkylation sites (tertiary alicyclic amines) is 1. The Bertz CT molecular complexity index is 712. The Morgan fingerprint density at radius 1 is 1.08 bits per heavy atom. The SMILES string of the molecule is O=C(c1cccc(C(F)(F)F)c1)[C@@H]1CCN(Cc2ccccc2)C1. The van der Waals surface area contributed by atoms with Crippen LogP contribution < -0.4 is 0 Å². The number of rotatable bonds is 4. The highest BCUT2D eigenvalue weighted by atomic mass is 19.4. The van der Waals surface area contributed by atoms with E-state index in [1.54, 1.807) is 0 Å². The van der Waals surface area contributed by atoms with Crippen molar-refractivity contribution < 1.29 is 18.0 Å². The van der Waals surface area contributed by atoms with E-state index in [9.17, 15) is 18.0 Å². The normalized spacial score (nSPS) is 18.7. The van der Waals surface area contributed by atoms with Gasteiger partial charge in [0.2, 0.25) is 0 Å². The number of hydrogen-bond acceptors (Lipinski definition) is 2. The number of carbonyl (C=O) groups is 1. The molecule has 2 aromatic rings. The molecule has 0 N–H and O–H groups in total. The third-order valence-electron chi connectivity index (χ3n) is 4.37. The highest BCUT2D eigenvalue weighted by molar-refractivity contribution is 5.98. The zero-order valence-electron chi connectivity index (χ0n) is 13.1. The lowest BCUT2D eigenvalue weighted by Gasteiger charge is -2.16. The van der Waals surface area contributed by atoms with Gasteiger partial charge in [-0.05, 0) is 30.7 Å². The van der Waals surface area contributed by atoms with Crippen LogP contribution in [0.5, 0.6) is 0 Å². The van der Waals surface area contributed by atoms with Crippen molar-refractivity contribution >= 4 is 5.78 Å². The van der Waals surface area contributed by atoms with Crippen molar-refractivity contribution in [2.75, 3.05) is 13.1 Å². The van der Waals surface area contributed by atoms with Crippen molar-refractivity contribution in [3.05, 3.63) is 71.3 Å². The first-order valence-electron chi connectivity index (χ1n) is 7.91. The summed E-state index contributed by atoms with van der Waals surface area (Å²) in [5.41, 5.74) is 0.550. The molecule has 24 heavy (non-hydrogen) atoms. The summed E-state index contributed by atoms with van der Waals surface area (Å²) in [6.07, 6.45) is -3.74. The van der Waals surface area contributed by atoms with E-state index in [0.717, 1.165) is 25.2 Å². The highest BCUT2D eigenvalue weighted by Gasteiger charge is 2.33. The molecule has 3 rings (SSSR count). The van der Waals surface area contributed by atoms with Crippen molar-refractivity contribution in [3.63, 3.8) is 0 Å². The summed E-state index contributed by atoms with van der Waals surface area (Å²) in [5, 5.41) is 0. The Balaban J connectivity index is 1.66. The third kappa shape index (κ3) is 3.85. The second-order valence-corrected chi connectivity index (χ2v) is 6.15. The molecule has 0 aromatic heterocycles. The number of halogens is 3. The summed E-state index contributed by atoms with van der Waals surface area (Å²) in [5.74, 6) is -0.436. The van der Waals surface area contributed by atoms with Gasteiger partial charge in [0.25, 0.3) is 0 Å². The topological polar surface area (TPSA) is 20.3 Å². The maximum Gasteiger partial charge on any atom is 0.416 e. The number of carbonyl (C=O) groups excluding carboxylic acids is 1. The van der Waals surface area contributed by atoms with Crippen LogP contribution in [0.15, 0.2) is 54.6 Å². The molecular weight excluding hydrogens is 315 g/mol. The standard InChI is InChI=1S/C19H18F3NO/c20-19(21,22)17-8-4-7-15(11-17)18(24)16-9-10-23(13-16)12-14-5-2-1-3-6-14/h1-8,11,16H,9-10,12-13H2/t16-/m1/s1. The van der Waals surface area contributed by atoms with E-state index < -0.39 is 11.7 Å². The molecule has 1 aliphatic heterocycles. The molecule has 0 spiro atoms. The van der Waals surface area contributed by atoms with Crippen LogP contribution >= 0.6 is 0 Å². The molecule has 1 atom stereocenters. The van der Waals surface area contributed by atoms with Gasteiger partial charge in [-0.15, -0.1) is 0 Å². The van der Waals surface area contributed by atoms with Gasteiger partial charge in [-0.25, -0.2) is 0 Å². The monoisotopic (exact) mass is 333 g/mol. The van der Waals surface area contributed by atoms with E-state index in [2.05, 4.69) is 4.90 Å². The van der Waals surface area contributed by atoms with Gasteiger partial charge in [0.1, 0.15) is 0 Å². The van der Waals surface area contributed by atoms with Gasteiger partial charge >= 0.3 is 6.18 Å². The summed E-state index contributed by atoms with van der Waals surface area (Å²) in [4.78, 5) is 14.7. The fourth-order valence-electron chi connectivity index (χ4n) is 3.12. The Hall–Kier alpha value is -2.14. The molecule has 2 aromatic carbocycles. The van der Waals surface area contributed by atoms with Crippen LogP contribution in [0, 0.1) is 5.92 Å². The minimum Gasteiger partial charge on any atom is -0.298 e. The molecule has 1 heterocycles. The zero-order chi connectivity index (χ0) is 17.2. The molecule has 5 heteroatoms. The molecule has 126 valence electrons. The van der Waals surface area contributed by atoms with Crippen molar-refractivity contribution in [1.82, 2.24) is 4.90 Å². The fourth-order valence-corrected chi connectivity index (χ4v) is 3.12. The molecule has 0 saturated carbocycles. The van der Waals surface area contributed by atoms with Gasteiger partial charge in [-0.1, -0.05) is 42.5 Å². The van der Waals surface area contributed by atoms with E-state index in [0.29, 0.717) is 13.0 Å². The van der Waals surface area contributed by atoms with Crippen LogP contribution in [0.3, 0.4) is 0 Å². The average Bonchev–Trinajstić information content (AvgIpc) is 3.03. The van der Waals surface area contributed by atoms with Crippen molar-refractivity contribution in [2.45, 2.75) is 19.1 Å². The quantitative estimate of drug-likeness (QED) is 0.773. The number of nitrogens with zero attached hydrogens (tertiary/aromatic N) is 1. The van der Waals surface area contributed by atoms with Gasteiger partial charge in [0.05, 0.1) is 5.56 Å². The number of Topliss-reactive ketones (excluding diaryl/α,β-unsaturated/α-hetero) is 1. The fraction of sp³-hybridized carbons (Fsp3) is 0.316. The lowest BCUT2D eigenvalue weighted by atomic mass is 9.95. The van der Waals surface area contributed by atoms with E-state index in [-0.39, 0.29) is 17.3 Å². The molecule has 2 nitrogen and oxygen atoms in total. The molecule has 1 saturated heterocycles. The largest absolute Gasteiger partial charge is 0.416 e. The van der Waals surface area contributed by atoms with Crippen molar-refractivity contribution in [1.29, 1.82) is 0 Å². The third-order valence-corrected chi connectivity index (χ3v) is 4.37. The average molecular weight is 333 g/mol. The predicted octanol–water partition coefficient (Wildman–Crippen LogP) is 4.41. The van der Waals surface area contributed by atoms with E-state index in [1.165, 1.54) is 17.7 Å². The van der Waals surface area contributed by atoms with Gasteiger partial charge < -0.3 is 0 Å². The maximum absolute atomic E-state index is 12.8. The lowest BCUT2D eigenvalue weighted by molar-refractivity contribution is -0.137. The van der Waals surface area contributed by atoms with Gasteiger partial charge in [-0.3, -0.25) is 9.69 Å². The zero-order valence-corrected chi connectivity index (χ0v) is 13.1. The molecule has 0 amide bonds. The summed E-state index contributed by atoms with van der Waals surface area (Å²) < 4.78 is 38.4. The van der Waals surface area contributed by atoms with Gasteiger partial charge in [0.15, 0.2) is 5.78 Å². The number of ketones is 1. The summed E-state index contributed by atoms with van der Waals surface area (Å²) in [6.45, 7) is 2.13. The first-order valence-corrected chi connectivity index (χ1v) is 7.91.